The SMILES string of the molecule is O=C(O)Cc1ccc2c(c1)C(O)Cc1ccccc1O2. The zero-order valence-corrected chi connectivity index (χ0v) is 10.7. The smallest absolute Gasteiger partial charge is 0.307 e. The molecule has 20 heavy (non-hydrogen) atoms. The van der Waals surface area contributed by atoms with Gasteiger partial charge in [-0.1, -0.05) is 24.3 Å². The van der Waals surface area contributed by atoms with Crippen LogP contribution >= 0.6 is 0 Å². The Kier molecular flexibility index (Phi) is 3.16. The summed E-state index contributed by atoms with van der Waals surface area (Å²) in [6.45, 7) is 0. The molecule has 0 spiro atoms. The molecule has 1 atom stereocenters. The number of carboxylic acids is 1. The number of fused-ring (bicyclic) bond motifs is 2. The summed E-state index contributed by atoms with van der Waals surface area (Å²) in [4.78, 5) is 10.8. The second-order valence-electron chi connectivity index (χ2n) is 4.87. The number of ether oxygens (including phenoxy) is 1. The van der Waals surface area contributed by atoms with Crippen LogP contribution in [0.1, 0.15) is 22.8 Å². The van der Waals surface area contributed by atoms with Crippen LogP contribution in [0.5, 0.6) is 11.5 Å². The number of carbonyl (C=O) groups is 1. The molecule has 2 N–H and O–H groups in total. The van der Waals surface area contributed by atoms with Crippen molar-refractivity contribution in [3.05, 3.63) is 59.2 Å². The molecule has 0 amide bonds. The van der Waals surface area contributed by atoms with Gasteiger partial charge < -0.3 is 14.9 Å². The molecule has 0 fully saturated rings. The molecule has 0 aromatic heterocycles. The van der Waals surface area contributed by atoms with Crippen molar-refractivity contribution in [1.82, 2.24) is 0 Å². The Balaban J connectivity index is 2.02. The average molecular weight is 270 g/mol. The molecule has 1 aliphatic heterocycles. The molecule has 0 radical (unpaired) electrons. The highest BCUT2D eigenvalue weighted by molar-refractivity contribution is 5.70. The van der Waals surface area contributed by atoms with Gasteiger partial charge in [0, 0.05) is 12.0 Å². The summed E-state index contributed by atoms with van der Waals surface area (Å²) in [6, 6.07) is 12.7. The van der Waals surface area contributed by atoms with Gasteiger partial charge in [0.15, 0.2) is 0 Å². The largest absolute Gasteiger partial charge is 0.481 e. The maximum absolute atomic E-state index is 10.8. The van der Waals surface area contributed by atoms with E-state index in [4.69, 9.17) is 9.84 Å². The van der Waals surface area contributed by atoms with Gasteiger partial charge >= 0.3 is 5.97 Å². The van der Waals surface area contributed by atoms with Crippen LogP contribution in [-0.2, 0) is 17.6 Å². The number of aliphatic hydroxyl groups excluding tert-OH is 1. The van der Waals surface area contributed by atoms with Crippen LogP contribution in [0.3, 0.4) is 0 Å². The average Bonchev–Trinajstić information content (AvgIpc) is 2.54. The summed E-state index contributed by atoms with van der Waals surface area (Å²) in [5.74, 6) is 0.421. The molecule has 3 rings (SSSR count). The van der Waals surface area contributed by atoms with E-state index >= 15 is 0 Å². The first-order chi connectivity index (χ1) is 9.63. The fourth-order valence-corrected chi connectivity index (χ4v) is 2.44. The third-order valence-electron chi connectivity index (χ3n) is 3.39. The molecule has 102 valence electrons. The Morgan fingerprint density at radius 2 is 2.00 bits per heavy atom. The fourth-order valence-electron chi connectivity index (χ4n) is 2.44. The number of hydrogen-bond donors (Lipinski definition) is 2. The van der Waals surface area contributed by atoms with E-state index in [2.05, 4.69) is 0 Å². The maximum atomic E-state index is 10.8. The van der Waals surface area contributed by atoms with Crippen molar-refractivity contribution in [3.63, 3.8) is 0 Å². The van der Waals surface area contributed by atoms with Crippen molar-refractivity contribution in [1.29, 1.82) is 0 Å². The first-order valence-corrected chi connectivity index (χ1v) is 6.42. The molecule has 1 aliphatic rings. The number of aliphatic hydroxyl groups is 1. The van der Waals surface area contributed by atoms with E-state index in [1.54, 1.807) is 18.2 Å². The lowest BCUT2D eigenvalue weighted by Crippen LogP contribution is -2.04. The molecule has 0 aliphatic carbocycles. The van der Waals surface area contributed by atoms with Crippen molar-refractivity contribution in [2.24, 2.45) is 0 Å². The molecule has 0 bridgehead atoms. The fraction of sp³-hybridized carbons (Fsp3) is 0.188. The summed E-state index contributed by atoms with van der Waals surface area (Å²) in [7, 11) is 0. The van der Waals surface area contributed by atoms with E-state index in [9.17, 15) is 9.90 Å². The summed E-state index contributed by atoms with van der Waals surface area (Å²) in [5, 5.41) is 19.2. The molecule has 1 unspecified atom stereocenters. The number of carboxylic acid groups (broad SMARTS) is 1. The molecule has 4 heteroatoms. The van der Waals surface area contributed by atoms with E-state index < -0.39 is 12.1 Å². The molecule has 0 saturated heterocycles. The molecule has 2 aromatic carbocycles. The van der Waals surface area contributed by atoms with Crippen molar-refractivity contribution < 1.29 is 19.7 Å². The van der Waals surface area contributed by atoms with Crippen LogP contribution in [0.25, 0.3) is 0 Å². The van der Waals surface area contributed by atoms with Gasteiger partial charge in [0.05, 0.1) is 12.5 Å². The van der Waals surface area contributed by atoms with Gasteiger partial charge in [-0.05, 0) is 29.3 Å². The van der Waals surface area contributed by atoms with Gasteiger partial charge in [-0.3, -0.25) is 4.79 Å². The van der Waals surface area contributed by atoms with E-state index in [-0.39, 0.29) is 6.42 Å². The first kappa shape index (κ1) is 12.7. The van der Waals surface area contributed by atoms with Gasteiger partial charge in [0.2, 0.25) is 0 Å². The van der Waals surface area contributed by atoms with Gasteiger partial charge in [0.25, 0.3) is 0 Å². The lowest BCUT2D eigenvalue weighted by atomic mass is 9.99. The van der Waals surface area contributed by atoms with Gasteiger partial charge in [-0.15, -0.1) is 0 Å². The van der Waals surface area contributed by atoms with Crippen LogP contribution in [0.4, 0.5) is 0 Å². The first-order valence-electron chi connectivity index (χ1n) is 6.42. The summed E-state index contributed by atoms with van der Waals surface area (Å²) < 4.78 is 5.83. The predicted octanol–water partition coefficient (Wildman–Crippen LogP) is 2.70. The summed E-state index contributed by atoms with van der Waals surface area (Å²) in [6.07, 6.45) is -0.297. The summed E-state index contributed by atoms with van der Waals surface area (Å²) >= 11 is 0. The maximum Gasteiger partial charge on any atom is 0.307 e. The van der Waals surface area contributed by atoms with Crippen LogP contribution in [0, 0.1) is 0 Å². The molecule has 1 heterocycles. The molecular formula is C16H14O4. The van der Waals surface area contributed by atoms with Crippen molar-refractivity contribution >= 4 is 5.97 Å². The monoisotopic (exact) mass is 270 g/mol. The number of aliphatic carboxylic acids is 1. The highest BCUT2D eigenvalue weighted by atomic mass is 16.5. The van der Waals surface area contributed by atoms with E-state index in [0.29, 0.717) is 23.3 Å². The quantitative estimate of drug-likeness (QED) is 0.880. The van der Waals surface area contributed by atoms with E-state index in [1.165, 1.54) is 0 Å². The number of rotatable bonds is 2. The van der Waals surface area contributed by atoms with Crippen LogP contribution < -0.4 is 4.74 Å². The van der Waals surface area contributed by atoms with Crippen molar-refractivity contribution in [2.45, 2.75) is 18.9 Å². The Labute approximate surface area is 116 Å². The minimum absolute atomic E-state index is 0.0626. The van der Waals surface area contributed by atoms with Crippen LogP contribution in [0.15, 0.2) is 42.5 Å². The molecule has 0 saturated carbocycles. The second-order valence-corrected chi connectivity index (χ2v) is 4.87. The Bertz CT molecular complexity index is 663. The predicted molar refractivity (Wildman–Crippen MR) is 73.0 cm³/mol. The minimum Gasteiger partial charge on any atom is -0.481 e. The second kappa shape index (κ2) is 4.98. The Morgan fingerprint density at radius 3 is 2.80 bits per heavy atom. The number of benzene rings is 2. The third-order valence-corrected chi connectivity index (χ3v) is 3.39. The topological polar surface area (TPSA) is 66.8 Å². The van der Waals surface area contributed by atoms with Gasteiger partial charge in [-0.25, -0.2) is 0 Å². The third kappa shape index (κ3) is 2.38. The number of hydrogen-bond acceptors (Lipinski definition) is 3. The van der Waals surface area contributed by atoms with Crippen LogP contribution in [-0.4, -0.2) is 16.2 Å². The lowest BCUT2D eigenvalue weighted by molar-refractivity contribution is -0.136. The van der Waals surface area contributed by atoms with E-state index in [0.717, 1.165) is 11.3 Å². The van der Waals surface area contributed by atoms with Crippen LogP contribution in [0.2, 0.25) is 0 Å². The zero-order valence-electron chi connectivity index (χ0n) is 10.7. The highest BCUT2D eigenvalue weighted by Crippen LogP contribution is 2.38. The summed E-state index contributed by atoms with van der Waals surface area (Å²) in [5.41, 5.74) is 2.24. The molecule has 4 nitrogen and oxygen atoms in total. The lowest BCUT2D eigenvalue weighted by Gasteiger charge is -2.12. The standard InChI is InChI=1S/C16H14O4/c17-13-9-11-3-1-2-4-14(11)20-15-6-5-10(7-12(13)15)8-16(18)19/h1-7,13,17H,8-9H2,(H,18,19). The normalized spacial score (nSPS) is 16.6. The van der Waals surface area contributed by atoms with Gasteiger partial charge in [0.1, 0.15) is 11.5 Å². The highest BCUT2D eigenvalue weighted by Gasteiger charge is 2.22. The van der Waals surface area contributed by atoms with Crippen molar-refractivity contribution in [3.8, 4) is 11.5 Å². The van der Waals surface area contributed by atoms with E-state index in [1.807, 2.05) is 24.3 Å². The minimum atomic E-state index is -0.891. The van der Waals surface area contributed by atoms with Gasteiger partial charge in [-0.2, -0.15) is 0 Å². The Morgan fingerprint density at radius 1 is 1.20 bits per heavy atom. The van der Waals surface area contributed by atoms with Crippen molar-refractivity contribution in [2.75, 3.05) is 0 Å². The molecular weight excluding hydrogens is 256 g/mol. The number of para-hydroxylation sites is 1. The Hall–Kier alpha value is -2.33. The molecule has 2 aromatic rings. The zero-order chi connectivity index (χ0) is 14.1.